The van der Waals surface area contributed by atoms with Crippen LogP contribution in [0.4, 0.5) is 0 Å². The summed E-state index contributed by atoms with van der Waals surface area (Å²) in [7, 11) is 0. The van der Waals surface area contributed by atoms with Crippen molar-refractivity contribution in [1.82, 2.24) is 14.8 Å². The van der Waals surface area contributed by atoms with E-state index in [9.17, 15) is 9.59 Å². The number of H-pyrrole nitrogens is 1. The monoisotopic (exact) mass is 361 g/mol. The normalized spacial score (nSPS) is 17.1. The van der Waals surface area contributed by atoms with Gasteiger partial charge >= 0.3 is 4.87 Å². The Morgan fingerprint density at radius 2 is 1.96 bits per heavy atom. The van der Waals surface area contributed by atoms with Crippen LogP contribution in [0.15, 0.2) is 23.0 Å². The van der Waals surface area contributed by atoms with E-state index >= 15 is 0 Å². The van der Waals surface area contributed by atoms with E-state index in [2.05, 4.69) is 9.88 Å². The number of rotatable bonds is 3. The number of hydrogen-bond donors (Lipinski definition) is 1. The van der Waals surface area contributed by atoms with E-state index in [0.717, 1.165) is 42.5 Å². The first-order valence-corrected chi connectivity index (χ1v) is 9.01. The second-order valence-electron chi connectivity index (χ2n) is 6.22. The van der Waals surface area contributed by atoms with Crippen LogP contribution in [0.3, 0.4) is 0 Å². The van der Waals surface area contributed by atoms with Crippen molar-refractivity contribution in [2.24, 2.45) is 0 Å². The fourth-order valence-electron chi connectivity index (χ4n) is 3.16. The first-order valence-electron chi connectivity index (χ1n) is 8.20. The molecule has 1 aromatic heterocycles. The van der Waals surface area contributed by atoms with Crippen LogP contribution in [-0.4, -0.2) is 53.7 Å². The van der Waals surface area contributed by atoms with E-state index < -0.39 is 0 Å². The van der Waals surface area contributed by atoms with Crippen molar-refractivity contribution in [3.63, 3.8) is 0 Å². The molecule has 1 aromatic carbocycles. The highest BCUT2D eigenvalue weighted by molar-refractivity contribution is 7.11. The molecule has 132 valence electrons. The number of amides is 1. The number of aromatic amines is 1. The van der Waals surface area contributed by atoms with Gasteiger partial charge in [-0.2, -0.15) is 0 Å². The highest BCUT2D eigenvalue weighted by Gasteiger charge is 2.25. The van der Waals surface area contributed by atoms with Crippen LogP contribution < -0.4 is 14.3 Å². The number of hydrogen-bond acceptors (Lipinski definition) is 6. The quantitative estimate of drug-likeness (QED) is 0.895. The topological polar surface area (TPSA) is 74.9 Å². The van der Waals surface area contributed by atoms with Crippen molar-refractivity contribution >= 4 is 17.2 Å². The van der Waals surface area contributed by atoms with Crippen LogP contribution in [0.2, 0.25) is 0 Å². The summed E-state index contributed by atoms with van der Waals surface area (Å²) in [6.07, 6.45) is 0. The zero-order valence-corrected chi connectivity index (χ0v) is 14.7. The number of carbonyl (C=O) groups is 1. The number of benzene rings is 1. The second kappa shape index (κ2) is 6.53. The Morgan fingerprint density at radius 1 is 1.20 bits per heavy atom. The third kappa shape index (κ3) is 3.27. The molecule has 0 aliphatic carbocycles. The first kappa shape index (κ1) is 16.2. The summed E-state index contributed by atoms with van der Waals surface area (Å²) in [6, 6.07) is 6.00. The largest absolute Gasteiger partial charge is 0.454 e. The minimum atomic E-state index is -0.178. The molecule has 7 nitrogen and oxygen atoms in total. The summed E-state index contributed by atoms with van der Waals surface area (Å²) in [5.74, 6) is 1.53. The van der Waals surface area contributed by atoms with Gasteiger partial charge in [0.25, 0.3) is 5.91 Å². The van der Waals surface area contributed by atoms with E-state index in [1.165, 1.54) is 5.56 Å². The molecule has 25 heavy (non-hydrogen) atoms. The minimum Gasteiger partial charge on any atom is -0.454 e. The molecule has 2 aliphatic rings. The maximum atomic E-state index is 12.6. The molecule has 0 unspecified atom stereocenters. The Balaban J connectivity index is 1.36. The van der Waals surface area contributed by atoms with Crippen molar-refractivity contribution in [2.75, 3.05) is 33.0 Å². The van der Waals surface area contributed by atoms with Crippen molar-refractivity contribution in [2.45, 2.75) is 13.5 Å². The van der Waals surface area contributed by atoms with Crippen molar-refractivity contribution < 1.29 is 14.3 Å². The lowest BCUT2D eigenvalue weighted by molar-refractivity contribution is 0.0632. The lowest BCUT2D eigenvalue weighted by Gasteiger charge is -2.34. The van der Waals surface area contributed by atoms with Gasteiger partial charge in [-0.25, -0.2) is 0 Å². The average molecular weight is 361 g/mol. The van der Waals surface area contributed by atoms with Gasteiger partial charge in [0.2, 0.25) is 6.79 Å². The Labute approximate surface area is 148 Å². The Kier molecular flexibility index (Phi) is 4.22. The zero-order valence-electron chi connectivity index (χ0n) is 13.9. The fraction of sp³-hybridized carbons (Fsp3) is 0.412. The highest BCUT2D eigenvalue weighted by atomic mass is 32.1. The molecule has 0 spiro atoms. The van der Waals surface area contributed by atoms with Crippen LogP contribution in [-0.2, 0) is 6.54 Å². The summed E-state index contributed by atoms with van der Waals surface area (Å²) >= 11 is 0.989. The molecule has 4 rings (SSSR count). The lowest BCUT2D eigenvalue weighted by Crippen LogP contribution is -2.48. The number of aryl methyl sites for hydroxylation is 1. The Bertz CT molecular complexity index is 852. The molecule has 1 saturated heterocycles. The van der Waals surface area contributed by atoms with Gasteiger partial charge in [-0.15, -0.1) is 0 Å². The van der Waals surface area contributed by atoms with Crippen LogP contribution in [0, 0.1) is 6.92 Å². The van der Waals surface area contributed by atoms with Gasteiger partial charge in [0.15, 0.2) is 11.5 Å². The average Bonchev–Trinajstić information content (AvgIpc) is 3.20. The first-order chi connectivity index (χ1) is 12.1. The number of nitrogens with zero attached hydrogens (tertiary/aromatic N) is 2. The lowest BCUT2D eigenvalue weighted by atomic mass is 10.1. The predicted octanol–water partition coefficient (Wildman–Crippen LogP) is 1.43. The molecule has 3 heterocycles. The molecule has 0 radical (unpaired) electrons. The van der Waals surface area contributed by atoms with Crippen LogP contribution in [0.5, 0.6) is 11.5 Å². The van der Waals surface area contributed by atoms with Crippen LogP contribution in [0.1, 0.15) is 20.9 Å². The van der Waals surface area contributed by atoms with Gasteiger partial charge in [0.1, 0.15) is 4.88 Å². The van der Waals surface area contributed by atoms with Gasteiger partial charge < -0.3 is 19.4 Å². The molecule has 2 aromatic rings. The summed E-state index contributed by atoms with van der Waals surface area (Å²) in [5.41, 5.74) is 1.83. The fourth-order valence-corrected chi connectivity index (χ4v) is 3.97. The Hall–Kier alpha value is -2.32. The molecular weight excluding hydrogens is 342 g/mol. The van der Waals surface area contributed by atoms with E-state index in [1.54, 1.807) is 6.92 Å². The molecule has 0 saturated carbocycles. The number of fused-ring (bicyclic) bond motifs is 1. The third-order valence-corrected chi connectivity index (χ3v) is 5.49. The van der Waals surface area contributed by atoms with Crippen molar-refractivity contribution in [1.29, 1.82) is 0 Å². The molecule has 0 bridgehead atoms. The molecule has 1 N–H and O–H groups in total. The summed E-state index contributed by atoms with van der Waals surface area (Å²) < 4.78 is 10.8. The maximum Gasteiger partial charge on any atom is 0.305 e. The van der Waals surface area contributed by atoms with Crippen LogP contribution in [0.25, 0.3) is 0 Å². The van der Waals surface area contributed by atoms with Gasteiger partial charge in [-0.1, -0.05) is 17.4 Å². The number of carbonyl (C=O) groups excluding carboxylic acids is 1. The molecule has 0 atom stereocenters. The number of ether oxygens (including phenoxy) is 2. The molecule has 2 aliphatic heterocycles. The summed E-state index contributed by atoms with van der Waals surface area (Å²) in [6.45, 7) is 5.79. The van der Waals surface area contributed by atoms with Gasteiger partial charge in [0.05, 0.1) is 0 Å². The number of nitrogens with one attached hydrogen (secondary N) is 1. The van der Waals surface area contributed by atoms with E-state index in [4.69, 9.17) is 9.47 Å². The van der Waals surface area contributed by atoms with Gasteiger partial charge in [-0.05, 0) is 24.6 Å². The highest BCUT2D eigenvalue weighted by Crippen LogP contribution is 2.32. The molecular formula is C17H19N3O4S. The standard InChI is InChI=1S/C17H19N3O4S/c1-11-15(25-17(22)18-11)16(21)20-6-4-19(5-7-20)9-12-2-3-13-14(8-12)24-10-23-13/h2-3,8H,4-7,9-10H2,1H3,(H,18,22). The number of aromatic nitrogens is 1. The molecule has 1 fully saturated rings. The predicted molar refractivity (Wildman–Crippen MR) is 93.4 cm³/mol. The van der Waals surface area contributed by atoms with Gasteiger partial charge in [0, 0.05) is 38.4 Å². The second-order valence-corrected chi connectivity index (χ2v) is 7.21. The Morgan fingerprint density at radius 3 is 2.68 bits per heavy atom. The van der Waals surface area contributed by atoms with E-state index in [0.29, 0.717) is 23.7 Å². The number of thiazole rings is 1. The molecule has 8 heteroatoms. The minimum absolute atomic E-state index is 0.0522. The van der Waals surface area contributed by atoms with Crippen molar-refractivity contribution in [3.8, 4) is 11.5 Å². The van der Waals surface area contributed by atoms with E-state index in [1.807, 2.05) is 23.1 Å². The van der Waals surface area contributed by atoms with E-state index in [-0.39, 0.29) is 17.6 Å². The molecule has 1 amide bonds. The van der Waals surface area contributed by atoms with Gasteiger partial charge in [-0.3, -0.25) is 14.5 Å². The third-order valence-electron chi connectivity index (χ3n) is 4.52. The SMILES string of the molecule is Cc1[nH]c(=O)sc1C(=O)N1CCN(Cc2ccc3c(c2)OCO3)CC1. The summed E-state index contributed by atoms with van der Waals surface area (Å²) in [4.78, 5) is 31.1. The van der Waals surface area contributed by atoms with Crippen LogP contribution >= 0.6 is 11.3 Å². The summed E-state index contributed by atoms with van der Waals surface area (Å²) in [5, 5.41) is 0. The maximum absolute atomic E-state index is 12.6. The van der Waals surface area contributed by atoms with Crippen molar-refractivity contribution in [3.05, 3.63) is 44.0 Å². The zero-order chi connectivity index (χ0) is 17.4. The number of piperazine rings is 1. The smallest absolute Gasteiger partial charge is 0.305 e.